The van der Waals surface area contributed by atoms with Gasteiger partial charge in [-0.25, -0.2) is 4.79 Å². The van der Waals surface area contributed by atoms with E-state index in [0.717, 1.165) is 35.1 Å². The van der Waals surface area contributed by atoms with Crippen LogP contribution in [0.25, 0.3) is 11.1 Å². The summed E-state index contributed by atoms with van der Waals surface area (Å²) in [5.41, 5.74) is 3.63. The molecule has 5 aliphatic rings. The van der Waals surface area contributed by atoms with Crippen molar-refractivity contribution in [2.75, 3.05) is 13.2 Å². The first kappa shape index (κ1) is 20.3. The number of nitrogens with zero attached hydrogens (tertiary/aromatic N) is 1. The Morgan fingerprint density at radius 1 is 1.03 bits per heavy atom. The maximum atomic E-state index is 13.3. The zero-order chi connectivity index (χ0) is 22.7. The molecular weight excluding hydrogens is 420 g/mol. The van der Waals surface area contributed by atoms with Crippen LogP contribution < -0.4 is 5.32 Å². The van der Waals surface area contributed by atoms with Crippen molar-refractivity contribution in [2.24, 2.45) is 11.8 Å². The first-order valence-corrected chi connectivity index (χ1v) is 11.7. The molecule has 2 heterocycles. The number of carboxylic acid groups (broad SMARTS) is 1. The number of hydrogen-bond acceptors (Lipinski definition) is 4. The lowest BCUT2D eigenvalue weighted by Crippen LogP contribution is -2.64. The molecule has 2 amide bonds. The molecule has 170 valence electrons. The summed E-state index contributed by atoms with van der Waals surface area (Å²) in [6.45, 7) is 0.661. The van der Waals surface area contributed by atoms with E-state index in [1.165, 1.54) is 0 Å². The predicted octanol–water partition coefficient (Wildman–Crippen LogP) is 3.38. The highest BCUT2D eigenvalue weighted by molar-refractivity contribution is 5.92. The zero-order valence-corrected chi connectivity index (χ0v) is 18.2. The molecule has 2 bridgehead atoms. The van der Waals surface area contributed by atoms with Gasteiger partial charge in [0.25, 0.3) is 0 Å². The molecule has 7 nitrogen and oxygen atoms in total. The minimum atomic E-state index is -0.969. The number of amides is 2. The number of carbonyl (C=O) groups is 3. The maximum absolute atomic E-state index is 13.3. The van der Waals surface area contributed by atoms with E-state index in [2.05, 4.69) is 29.6 Å². The lowest BCUT2D eigenvalue weighted by atomic mass is 9.73. The Kier molecular flexibility index (Phi) is 4.50. The Balaban J connectivity index is 1.14. The fourth-order valence-corrected chi connectivity index (χ4v) is 6.25. The Labute approximate surface area is 191 Å². The second-order valence-corrected chi connectivity index (χ2v) is 9.77. The molecule has 2 aromatic rings. The normalized spacial score (nSPS) is 25.9. The van der Waals surface area contributed by atoms with Gasteiger partial charge < -0.3 is 20.1 Å². The largest absolute Gasteiger partial charge is 0.481 e. The number of rotatable bonds is 5. The van der Waals surface area contributed by atoms with Crippen LogP contribution in [0.15, 0.2) is 48.5 Å². The second kappa shape index (κ2) is 7.33. The minimum Gasteiger partial charge on any atom is -0.481 e. The van der Waals surface area contributed by atoms with Gasteiger partial charge in [-0.3, -0.25) is 9.59 Å². The first-order chi connectivity index (χ1) is 16.0. The Hall–Kier alpha value is -3.35. The molecule has 3 aliphatic carbocycles. The van der Waals surface area contributed by atoms with Gasteiger partial charge in [0.15, 0.2) is 0 Å². The van der Waals surface area contributed by atoms with E-state index in [-0.39, 0.29) is 30.4 Å². The number of carboxylic acids is 1. The number of ether oxygens (including phenoxy) is 1. The van der Waals surface area contributed by atoms with Gasteiger partial charge >= 0.3 is 12.1 Å². The topological polar surface area (TPSA) is 95.9 Å². The van der Waals surface area contributed by atoms with Crippen LogP contribution in [-0.4, -0.2) is 52.7 Å². The van der Waals surface area contributed by atoms with Crippen LogP contribution in [0.1, 0.15) is 42.7 Å². The van der Waals surface area contributed by atoms with Crippen LogP contribution in [-0.2, 0) is 14.3 Å². The number of fused-ring (bicyclic) bond motifs is 4. The van der Waals surface area contributed by atoms with Gasteiger partial charge in [-0.1, -0.05) is 48.5 Å². The first-order valence-electron chi connectivity index (χ1n) is 11.7. The van der Waals surface area contributed by atoms with Crippen molar-refractivity contribution in [2.45, 2.75) is 43.2 Å². The van der Waals surface area contributed by atoms with Crippen LogP contribution in [0.5, 0.6) is 0 Å². The minimum absolute atomic E-state index is 0.0306. The quantitative estimate of drug-likeness (QED) is 0.734. The number of nitrogens with one attached hydrogen (secondary N) is 1. The summed E-state index contributed by atoms with van der Waals surface area (Å²) in [6.07, 6.45) is 2.11. The highest BCUT2D eigenvalue weighted by Gasteiger charge is 2.60. The number of alkyl carbamates (subject to hydrolysis) is 1. The average Bonchev–Trinajstić information content (AvgIpc) is 3.45. The molecule has 2 N–H and O–H groups in total. The second-order valence-electron chi connectivity index (χ2n) is 9.77. The Morgan fingerprint density at radius 3 is 2.21 bits per heavy atom. The third-order valence-corrected chi connectivity index (χ3v) is 8.15. The summed E-state index contributed by atoms with van der Waals surface area (Å²) >= 11 is 0. The standard InChI is InChI=1S/C26H26N2O5/c29-23(30)22-15-12-21(22)28(13-15)24(31)26(10-5-11-26)27-25(32)33-14-20-18-8-3-1-6-16(18)17-7-2-4-9-19(17)20/h1-4,6-9,15,20-22H,5,10-14H2,(H,27,32)(H,29,30). The summed E-state index contributed by atoms with van der Waals surface area (Å²) in [6, 6.07) is 16.1. The summed E-state index contributed by atoms with van der Waals surface area (Å²) in [5.74, 6) is -1.47. The molecule has 0 radical (unpaired) electrons. The molecule has 0 aromatic heterocycles. The molecule has 3 unspecified atom stereocenters. The SMILES string of the molecule is O=C(NC1(C(=O)N2CC3CC2C3C(=O)O)CCC1)OCC1c2ccccc2-c2ccccc21. The summed E-state index contributed by atoms with van der Waals surface area (Å²) in [5, 5.41) is 12.3. The van der Waals surface area contributed by atoms with E-state index in [1.54, 1.807) is 4.90 Å². The lowest BCUT2D eigenvalue weighted by molar-refractivity contribution is -0.150. The van der Waals surface area contributed by atoms with Gasteiger partial charge in [-0.05, 0) is 53.9 Å². The molecule has 2 aromatic carbocycles. The van der Waals surface area contributed by atoms with E-state index in [0.29, 0.717) is 19.4 Å². The molecule has 0 spiro atoms. The van der Waals surface area contributed by atoms with Crippen molar-refractivity contribution in [1.29, 1.82) is 0 Å². The highest BCUT2D eigenvalue weighted by atomic mass is 16.5. The average molecular weight is 447 g/mol. The molecule has 3 atom stereocenters. The van der Waals surface area contributed by atoms with Crippen molar-refractivity contribution in [1.82, 2.24) is 10.2 Å². The van der Waals surface area contributed by atoms with E-state index in [4.69, 9.17) is 4.74 Å². The van der Waals surface area contributed by atoms with E-state index < -0.39 is 23.5 Å². The third-order valence-electron chi connectivity index (χ3n) is 8.15. The van der Waals surface area contributed by atoms with E-state index >= 15 is 0 Å². The number of aliphatic carboxylic acids is 1. The van der Waals surface area contributed by atoms with Gasteiger partial charge in [0, 0.05) is 18.5 Å². The summed E-state index contributed by atoms with van der Waals surface area (Å²) in [7, 11) is 0. The molecular formula is C26H26N2O5. The van der Waals surface area contributed by atoms with Gasteiger partial charge in [-0.15, -0.1) is 0 Å². The van der Waals surface area contributed by atoms with Crippen molar-refractivity contribution in [3.05, 3.63) is 59.7 Å². The van der Waals surface area contributed by atoms with Crippen LogP contribution in [0, 0.1) is 11.8 Å². The van der Waals surface area contributed by atoms with Crippen molar-refractivity contribution < 1.29 is 24.2 Å². The fraction of sp³-hybridized carbons (Fsp3) is 0.423. The number of hydrogen-bond donors (Lipinski definition) is 2. The maximum Gasteiger partial charge on any atom is 0.408 e. The Morgan fingerprint density at radius 2 is 1.67 bits per heavy atom. The van der Waals surface area contributed by atoms with Gasteiger partial charge in [0.1, 0.15) is 12.1 Å². The van der Waals surface area contributed by atoms with E-state index in [9.17, 15) is 19.5 Å². The van der Waals surface area contributed by atoms with Gasteiger partial charge in [0.2, 0.25) is 5.91 Å². The van der Waals surface area contributed by atoms with Gasteiger partial charge in [0.05, 0.1) is 5.92 Å². The van der Waals surface area contributed by atoms with Crippen molar-refractivity contribution >= 4 is 18.0 Å². The van der Waals surface area contributed by atoms with Crippen molar-refractivity contribution in [3.63, 3.8) is 0 Å². The molecule has 7 heteroatoms. The van der Waals surface area contributed by atoms with E-state index in [1.807, 2.05) is 24.3 Å². The number of benzene rings is 2. The summed E-state index contributed by atoms with van der Waals surface area (Å²) in [4.78, 5) is 39.3. The van der Waals surface area contributed by atoms with Crippen LogP contribution >= 0.6 is 0 Å². The highest BCUT2D eigenvalue weighted by Crippen LogP contribution is 2.49. The predicted molar refractivity (Wildman–Crippen MR) is 120 cm³/mol. The molecule has 7 rings (SSSR count). The van der Waals surface area contributed by atoms with Crippen LogP contribution in [0.4, 0.5) is 4.79 Å². The van der Waals surface area contributed by atoms with Crippen molar-refractivity contribution in [3.8, 4) is 11.1 Å². The lowest BCUT2D eigenvalue weighted by Gasteiger charge is -2.44. The molecule has 4 fully saturated rings. The molecule has 33 heavy (non-hydrogen) atoms. The third kappa shape index (κ3) is 2.98. The van der Waals surface area contributed by atoms with Crippen LogP contribution in [0.2, 0.25) is 0 Å². The molecule has 2 saturated heterocycles. The monoisotopic (exact) mass is 446 g/mol. The zero-order valence-electron chi connectivity index (χ0n) is 18.2. The molecule has 2 saturated carbocycles. The van der Waals surface area contributed by atoms with Gasteiger partial charge in [-0.2, -0.15) is 0 Å². The molecule has 2 aliphatic heterocycles. The van der Waals surface area contributed by atoms with Crippen LogP contribution in [0.3, 0.4) is 0 Å². The smallest absolute Gasteiger partial charge is 0.408 e. The Bertz CT molecular complexity index is 1110. The fourth-order valence-electron chi connectivity index (χ4n) is 6.25. The number of carbonyl (C=O) groups excluding carboxylic acids is 2. The summed E-state index contributed by atoms with van der Waals surface area (Å²) < 4.78 is 5.67.